The maximum atomic E-state index is 12.5. The van der Waals surface area contributed by atoms with Crippen molar-refractivity contribution in [1.29, 1.82) is 0 Å². The highest BCUT2D eigenvalue weighted by molar-refractivity contribution is 5.98. The Balaban J connectivity index is 2.00. The van der Waals surface area contributed by atoms with Crippen LogP contribution in [-0.2, 0) is 0 Å². The number of hydrogen-bond donors (Lipinski definition) is 1. The number of anilines is 1. The molecule has 4 nitrogen and oxygen atoms in total. The van der Waals surface area contributed by atoms with E-state index >= 15 is 0 Å². The first-order chi connectivity index (χ1) is 10.1. The van der Waals surface area contributed by atoms with E-state index in [-0.39, 0.29) is 6.03 Å². The first-order valence-electron chi connectivity index (χ1n) is 6.90. The highest BCUT2D eigenvalue weighted by atomic mass is 16.2. The predicted octanol–water partition coefficient (Wildman–Crippen LogP) is 4.04. The van der Waals surface area contributed by atoms with Crippen molar-refractivity contribution < 1.29 is 4.79 Å². The van der Waals surface area contributed by atoms with Crippen LogP contribution in [0, 0.1) is 20.8 Å². The molecule has 0 fully saturated rings. The van der Waals surface area contributed by atoms with Gasteiger partial charge in [0.15, 0.2) is 0 Å². The molecule has 1 amide bonds. The molecule has 0 saturated heterocycles. The van der Waals surface area contributed by atoms with E-state index in [2.05, 4.69) is 10.4 Å². The van der Waals surface area contributed by atoms with Gasteiger partial charge in [-0.3, -0.25) is 0 Å². The number of amides is 1. The number of nitrogens with one attached hydrogen (secondary N) is 1. The van der Waals surface area contributed by atoms with Gasteiger partial charge >= 0.3 is 6.03 Å². The molecule has 0 atom stereocenters. The van der Waals surface area contributed by atoms with E-state index in [4.69, 9.17) is 0 Å². The van der Waals surface area contributed by atoms with Gasteiger partial charge in [0, 0.05) is 11.1 Å². The van der Waals surface area contributed by atoms with Crippen LogP contribution in [0.1, 0.15) is 16.8 Å². The first-order valence-corrected chi connectivity index (χ1v) is 6.90. The van der Waals surface area contributed by atoms with Gasteiger partial charge in [-0.2, -0.15) is 9.78 Å². The van der Waals surface area contributed by atoms with Gasteiger partial charge in [0.05, 0.1) is 11.2 Å². The minimum Gasteiger partial charge on any atom is -0.306 e. The Morgan fingerprint density at radius 1 is 1.05 bits per heavy atom. The number of fused-ring (bicyclic) bond motifs is 1. The standard InChI is InChI=1S/C17H17N3O/c1-11-7-6-9-15(12(11)2)18-17(21)20-16-10-5-4-8-14(16)13(3)19-20/h4-10H,1-3H3,(H,18,21). The van der Waals surface area contributed by atoms with Crippen LogP contribution in [0.4, 0.5) is 10.5 Å². The molecule has 0 radical (unpaired) electrons. The van der Waals surface area contributed by atoms with Gasteiger partial charge in [-0.25, -0.2) is 4.79 Å². The highest BCUT2D eigenvalue weighted by Crippen LogP contribution is 2.20. The van der Waals surface area contributed by atoms with E-state index in [1.165, 1.54) is 4.68 Å². The Morgan fingerprint density at radius 2 is 1.81 bits per heavy atom. The van der Waals surface area contributed by atoms with E-state index in [0.717, 1.165) is 33.4 Å². The number of hydrogen-bond acceptors (Lipinski definition) is 2. The summed E-state index contributed by atoms with van der Waals surface area (Å²) in [6, 6.07) is 13.3. The van der Waals surface area contributed by atoms with Gasteiger partial charge in [-0.05, 0) is 44.0 Å². The highest BCUT2D eigenvalue weighted by Gasteiger charge is 2.14. The lowest BCUT2D eigenvalue weighted by atomic mass is 10.1. The number of carbonyl (C=O) groups excluding carboxylic acids is 1. The molecule has 0 aliphatic heterocycles. The van der Waals surface area contributed by atoms with Crippen LogP contribution in [0.3, 0.4) is 0 Å². The van der Waals surface area contributed by atoms with Gasteiger partial charge < -0.3 is 5.32 Å². The van der Waals surface area contributed by atoms with Crippen molar-refractivity contribution in [1.82, 2.24) is 9.78 Å². The Morgan fingerprint density at radius 3 is 2.62 bits per heavy atom. The summed E-state index contributed by atoms with van der Waals surface area (Å²) >= 11 is 0. The third kappa shape index (κ3) is 2.29. The summed E-state index contributed by atoms with van der Waals surface area (Å²) in [4.78, 5) is 12.5. The summed E-state index contributed by atoms with van der Waals surface area (Å²) in [5.41, 5.74) is 4.70. The number of carbonyl (C=O) groups is 1. The van der Waals surface area contributed by atoms with Gasteiger partial charge in [-0.15, -0.1) is 0 Å². The van der Waals surface area contributed by atoms with Gasteiger partial charge in [-0.1, -0.05) is 30.3 Å². The fraction of sp³-hybridized carbons (Fsp3) is 0.176. The molecule has 0 unspecified atom stereocenters. The lowest BCUT2D eigenvalue weighted by Gasteiger charge is -2.10. The van der Waals surface area contributed by atoms with Crippen molar-refractivity contribution in [3.8, 4) is 0 Å². The summed E-state index contributed by atoms with van der Waals surface area (Å²) in [6.45, 7) is 5.93. The third-order valence-corrected chi connectivity index (χ3v) is 3.81. The van der Waals surface area contributed by atoms with Crippen molar-refractivity contribution in [2.24, 2.45) is 0 Å². The fourth-order valence-corrected chi connectivity index (χ4v) is 2.43. The second-order valence-electron chi connectivity index (χ2n) is 5.19. The van der Waals surface area contributed by atoms with Crippen molar-refractivity contribution in [3.05, 3.63) is 59.3 Å². The molecular formula is C17H17N3O. The molecule has 0 bridgehead atoms. The van der Waals surface area contributed by atoms with Gasteiger partial charge in [0.25, 0.3) is 0 Å². The molecule has 0 aliphatic rings. The largest absolute Gasteiger partial charge is 0.347 e. The molecule has 21 heavy (non-hydrogen) atoms. The summed E-state index contributed by atoms with van der Waals surface area (Å²) in [6.07, 6.45) is 0. The average Bonchev–Trinajstić information content (AvgIpc) is 2.82. The number of aryl methyl sites for hydroxylation is 2. The Hall–Kier alpha value is -2.62. The fourth-order valence-electron chi connectivity index (χ4n) is 2.43. The molecule has 2 aromatic carbocycles. The Bertz CT molecular complexity index is 833. The SMILES string of the molecule is Cc1cccc(NC(=O)n2nc(C)c3ccccc32)c1C. The van der Waals surface area contributed by atoms with Crippen molar-refractivity contribution in [2.75, 3.05) is 5.32 Å². The van der Waals surface area contributed by atoms with Gasteiger partial charge in [0.1, 0.15) is 0 Å². The minimum atomic E-state index is -0.243. The van der Waals surface area contributed by atoms with Crippen LogP contribution < -0.4 is 5.32 Å². The number of rotatable bonds is 1. The van der Waals surface area contributed by atoms with E-state index in [1.54, 1.807) is 0 Å². The first kappa shape index (κ1) is 13.4. The van der Waals surface area contributed by atoms with Crippen LogP contribution in [0.15, 0.2) is 42.5 Å². The lowest BCUT2D eigenvalue weighted by molar-refractivity contribution is 0.251. The number of aromatic nitrogens is 2. The van der Waals surface area contributed by atoms with Crippen molar-refractivity contribution in [3.63, 3.8) is 0 Å². The molecular weight excluding hydrogens is 262 g/mol. The Labute approximate surface area is 123 Å². The smallest absolute Gasteiger partial charge is 0.306 e. The maximum Gasteiger partial charge on any atom is 0.347 e. The van der Waals surface area contributed by atoms with E-state index in [9.17, 15) is 4.79 Å². The molecule has 0 saturated carbocycles. The van der Waals surface area contributed by atoms with Gasteiger partial charge in [0.2, 0.25) is 0 Å². The molecule has 0 spiro atoms. The number of para-hydroxylation sites is 1. The average molecular weight is 279 g/mol. The molecule has 1 aromatic heterocycles. The van der Waals surface area contributed by atoms with E-state index in [1.807, 2.05) is 63.2 Å². The van der Waals surface area contributed by atoms with Crippen LogP contribution >= 0.6 is 0 Å². The van der Waals surface area contributed by atoms with E-state index in [0.29, 0.717) is 0 Å². The second kappa shape index (κ2) is 5.05. The molecule has 4 heteroatoms. The van der Waals surface area contributed by atoms with Crippen molar-refractivity contribution in [2.45, 2.75) is 20.8 Å². The normalized spacial score (nSPS) is 10.8. The van der Waals surface area contributed by atoms with Crippen LogP contribution in [0.2, 0.25) is 0 Å². The summed E-state index contributed by atoms with van der Waals surface area (Å²) in [5, 5.41) is 8.27. The minimum absolute atomic E-state index is 0.243. The molecule has 3 rings (SSSR count). The zero-order valence-corrected chi connectivity index (χ0v) is 12.3. The monoisotopic (exact) mass is 279 g/mol. The molecule has 1 heterocycles. The van der Waals surface area contributed by atoms with Crippen LogP contribution in [-0.4, -0.2) is 15.8 Å². The van der Waals surface area contributed by atoms with E-state index < -0.39 is 0 Å². The van der Waals surface area contributed by atoms with Crippen LogP contribution in [0.25, 0.3) is 10.9 Å². The molecule has 106 valence electrons. The zero-order valence-electron chi connectivity index (χ0n) is 12.3. The summed E-state index contributed by atoms with van der Waals surface area (Å²) in [7, 11) is 0. The predicted molar refractivity (Wildman–Crippen MR) is 84.8 cm³/mol. The molecule has 1 N–H and O–H groups in total. The second-order valence-corrected chi connectivity index (χ2v) is 5.19. The molecule has 3 aromatic rings. The molecule has 0 aliphatic carbocycles. The summed E-state index contributed by atoms with van der Waals surface area (Å²) in [5.74, 6) is 0. The number of nitrogens with zero attached hydrogens (tertiary/aromatic N) is 2. The van der Waals surface area contributed by atoms with Crippen molar-refractivity contribution >= 4 is 22.6 Å². The summed E-state index contributed by atoms with van der Waals surface area (Å²) < 4.78 is 1.42. The third-order valence-electron chi connectivity index (χ3n) is 3.81. The lowest BCUT2D eigenvalue weighted by Crippen LogP contribution is -2.21. The number of benzene rings is 2. The quantitative estimate of drug-likeness (QED) is 0.730. The van der Waals surface area contributed by atoms with Crippen LogP contribution in [0.5, 0.6) is 0 Å². The topological polar surface area (TPSA) is 46.9 Å². The maximum absolute atomic E-state index is 12.5. The zero-order chi connectivity index (χ0) is 15.0. The Kier molecular flexibility index (Phi) is 3.22.